The summed E-state index contributed by atoms with van der Waals surface area (Å²) in [7, 11) is 0. The van der Waals surface area contributed by atoms with Gasteiger partial charge < -0.3 is 25.1 Å². The zero-order valence-corrected chi connectivity index (χ0v) is 16.3. The topological polar surface area (TPSA) is 85.4 Å². The van der Waals surface area contributed by atoms with E-state index in [4.69, 9.17) is 11.6 Å². The van der Waals surface area contributed by atoms with E-state index in [0.29, 0.717) is 11.2 Å². The number of carbonyl (C=O) groups is 1. The molecule has 1 aromatic heterocycles. The fraction of sp³-hybridized carbons (Fsp3) is 0.300. The molecule has 8 heteroatoms. The van der Waals surface area contributed by atoms with E-state index in [1.165, 1.54) is 4.90 Å². The SMILES string of the molecule is C[C@H](C(=O)Nc1ccc2[nH]c(=O)[nH]c2c1)[NH+]1CCN(c2ccccc2Cl)CC1. The minimum absolute atomic E-state index is 0.0292. The van der Waals surface area contributed by atoms with Gasteiger partial charge in [-0.05, 0) is 37.3 Å². The number of halogens is 1. The van der Waals surface area contributed by atoms with Gasteiger partial charge in [0, 0.05) is 5.69 Å². The Morgan fingerprint density at radius 2 is 1.86 bits per heavy atom. The number of hydrogen-bond donors (Lipinski definition) is 4. The summed E-state index contributed by atoms with van der Waals surface area (Å²) in [5, 5.41) is 3.72. The second kappa shape index (κ2) is 7.69. The first kappa shape index (κ1) is 18.6. The number of para-hydroxylation sites is 1. The van der Waals surface area contributed by atoms with Crippen molar-refractivity contribution in [3.63, 3.8) is 0 Å². The fourth-order valence-corrected chi connectivity index (χ4v) is 3.98. The van der Waals surface area contributed by atoms with Gasteiger partial charge in [0.25, 0.3) is 5.91 Å². The molecule has 4 N–H and O–H groups in total. The minimum Gasteiger partial charge on any atom is -0.359 e. The monoisotopic (exact) mass is 400 g/mol. The third-order valence-electron chi connectivity index (χ3n) is 5.39. The van der Waals surface area contributed by atoms with Crippen molar-refractivity contribution in [2.75, 3.05) is 36.4 Å². The number of fused-ring (bicyclic) bond motifs is 1. The molecule has 1 saturated heterocycles. The lowest BCUT2D eigenvalue weighted by Gasteiger charge is -2.36. The molecule has 1 fully saturated rings. The van der Waals surface area contributed by atoms with Crippen LogP contribution in [0, 0.1) is 0 Å². The standard InChI is InChI=1S/C20H22ClN5O2/c1-13(19(27)22-14-6-7-16-17(12-14)24-20(28)23-16)25-8-10-26(11-9-25)18-5-3-2-4-15(18)21/h2-7,12-13H,8-11H2,1H3,(H,22,27)(H2,23,24,28)/p+1/t13-/m1/s1. The summed E-state index contributed by atoms with van der Waals surface area (Å²) in [6, 6.07) is 13.0. The average Bonchev–Trinajstić information content (AvgIpc) is 3.07. The number of benzene rings is 2. The predicted molar refractivity (Wildman–Crippen MR) is 111 cm³/mol. The van der Waals surface area contributed by atoms with Crippen molar-refractivity contribution >= 4 is 39.9 Å². The Labute approximate surface area is 167 Å². The van der Waals surface area contributed by atoms with E-state index in [1.54, 1.807) is 18.2 Å². The number of anilines is 2. The van der Waals surface area contributed by atoms with Crippen molar-refractivity contribution < 1.29 is 9.69 Å². The molecule has 3 aromatic rings. The number of aromatic amines is 2. The third-order valence-corrected chi connectivity index (χ3v) is 5.71. The van der Waals surface area contributed by atoms with Gasteiger partial charge in [0.05, 0.1) is 47.9 Å². The van der Waals surface area contributed by atoms with E-state index in [9.17, 15) is 9.59 Å². The molecule has 1 aliphatic heterocycles. The number of carbonyl (C=O) groups excluding carboxylic acids is 1. The Kier molecular flexibility index (Phi) is 5.11. The first-order valence-corrected chi connectivity index (χ1v) is 9.76. The van der Waals surface area contributed by atoms with E-state index >= 15 is 0 Å². The Bertz CT molecular complexity index is 1050. The molecule has 4 rings (SSSR count). The Hall–Kier alpha value is -2.77. The van der Waals surface area contributed by atoms with Crippen LogP contribution in [0.1, 0.15) is 6.92 Å². The number of nitrogens with zero attached hydrogens (tertiary/aromatic N) is 1. The summed E-state index contributed by atoms with van der Waals surface area (Å²) in [6.07, 6.45) is 0. The van der Waals surface area contributed by atoms with Gasteiger partial charge in [0.15, 0.2) is 6.04 Å². The molecule has 2 aromatic carbocycles. The summed E-state index contributed by atoms with van der Waals surface area (Å²) < 4.78 is 0. The largest absolute Gasteiger partial charge is 0.359 e. The zero-order chi connectivity index (χ0) is 19.7. The summed E-state index contributed by atoms with van der Waals surface area (Å²) in [6.45, 7) is 5.39. The highest BCUT2D eigenvalue weighted by Crippen LogP contribution is 2.24. The van der Waals surface area contributed by atoms with Crippen LogP contribution < -0.4 is 20.8 Å². The smallest absolute Gasteiger partial charge is 0.323 e. The van der Waals surface area contributed by atoms with Gasteiger partial charge in [0.2, 0.25) is 0 Å². The molecule has 2 heterocycles. The lowest BCUT2D eigenvalue weighted by Crippen LogP contribution is -3.19. The van der Waals surface area contributed by atoms with Gasteiger partial charge in [-0.15, -0.1) is 0 Å². The molecule has 0 unspecified atom stereocenters. The number of rotatable bonds is 4. The van der Waals surface area contributed by atoms with Crippen LogP contribution >= 0.6 is 11.6 Å². The molecule has 1 atom stereocenters. The average molecular weight is 401 g/mol. The van der Waals surface area contributed by atoms with Gasteiger partial charge in [-0.2, -0.15) is 0 Å². The van der Waals surface area contributed by atoms with Crippen molar-refractivity contribution in [2.24, 2.45) is 0 Å². The summed E-state index contributed by atoms with van der Waals surface area (Å²) in [5.41, 5.74) is 2.86. The summed E-state index contributed by atoms with van der Waals surface area (Å²) >= 11 is 6.30. The molecule has 0 spiro atoms. The van der Waals surface area contributed by atoms with Gasteiger partial charge in [0.1, 0.15) is 0 Å². The second-order valence-corrected chi connectivity index (χ2v) is 7.55. The Morgan fingerprint density at radius 3 is 2.61 bits per heavy atom. The lowest BCUT2D eigenvalue weighted by atomic mass is 10.2. The van der Waals surface area contributed by atoms with E-state index in [2.05, 4.69) is 20.2 Å². The molecule has 28 heavy (non-hydrogen) atoms. The van der Waals surface area contributed by atoms with Crippen LogP contribution in [0.5, 0.6) is 0 Å². The van der Waals surface area contributed by atoms with Gasteiger partial charge in [-0.1, -0.05) is 23.7 Å². The van der Waals surface area contributed by atoms with Crippen LogP contribution in [0.2, 0.25) is 5.02 Å². The van der Waals surface area contributed by atoms with Crippen molar-refractivity contribution in [1.29, 1.82) is 0 Å². The molecule has 0 aliphatic carbocycles. The van der Waals surface area contributed by atoms with Crippen molar-refractivity contribution in [1.82, 2.24) is 9.97 Å². The first-order chi connectivity index (χ1) is 13.5. The van der Waals surface area contributed by atoms with Crippen LogP contribution in [-0.2, 0) is 4.79 Å². The number of amides is 1. The van der Waals surface area contributed by atoms with Crippen LogP contribution in [0.3, 0.4) is 0 Å². The third kappa shape index (κ3) is 3.76. The number of piperazine rings is 1. The lowest BCUT2D eigenvalue weighted by molar-refractivity contribution is -0.914. The molecular weight excluding hydrogens is 378 g/mol. The number of hydrogen-bond acceptors (Lipinski definition) is 3. The van der Waals surface area contributed by atoms with Gasteiger partial charge in [-0.3, -0.25) is 4.79 Å². The van der Waals surface area contributed by atoms with Crippen molar-refractivity contribution in [3.05, 3.63) is 58.0 Å². The molecule has 7 nitrogen and oxygen atoms in total. The minimum atomic E-state index is -0.257. The highest BCUT2D eigenvalue weighted by Gasteiger charge is 2.29. The normalized spacial score (nSPS) is 16.3. The van der Waals surface area contributed by atoms with Crippen LogP contribution in [-0.4, -0.2) is 48.1 Å². The van der Waals surface area contributed by atoms with E-state index < -0.39 is 0 Å². The molecule has 1 amide bonds. The van der Waals surface area contributed by atoms with E-state index in [0.717, 1.165) is 42.4 Å². The highest BCUT2D eigenvalue weighted by molar-refractivity contribution is 6.33. The summed E-state index contributed by atoms with van der Waals surface area (Å²) in [5.74, 6) is -0.0292. The first-order valence-electron chi connectivity index (χ1n) is 9.38. The fourth-order valence-electron chi connectivity index (χ4n) is 3.72. The van der Waals surface area contributed by atoms with E-state index in [1.807, 2.05) is 31.2 Å². The molecule has 1 aliphatic rings. The van der Waals surface area contributed by atoms with E-state index in [-0.39, 0.29) is 17.6 Å². The molecule has 0 radical (unpaired) electrons. The maximum Gasteiger partial charge on any atom is 0.323 e. The number of H-pyrrole nitrogens is 2. The highest BCUT2D eigenvalue weighted by atomic mass is 35.5. The maximum atomic E-state index is 12.7. The molecular formula is C20H23ClN5O2+. The maximum absolute atomic E-state index is 12.7. The number of imidazole rings is 1. The quantitative estimate of drug-likeness (QED) is 0.531. The zero-order valence-electron chi connectivity index (χ0n) is 15.6. The molecule has 146 valence electrons. The molecule has 0 saturated carbocycles. The Morgan fingerprint density at radius 1 is 1.14 bits per heavy atom. The van der Waals surface area contributed by atoms with Crippen molar-refractivity contribution in [3.8, 4) is 0 Å². The summed E-state index contributed by atoms with van der Waals surface area (Å²) in [4.78, 5) is 33.0. The second-order valence-electron chi connectivity index (χ2n) is 7.15. The number of quaternary nitrogens is 1. The van der Waals surface area contributed by atoms with Gasteiger partial charge in [-0.25, -0.2) is 4.79 Å². The number of nitrogens with one attached hydrogen (secondary N) is 4. The molecule has 0 bridgehead atoms. The van der Waals surface area contributed by atoms with Crippen LogP contribution in [0.4, 0.5) is 11.4 Å². The van der Waals surface area contributed by atoms with Crippen LogP contribution in [0.25, 0.3) is 11.0 Å². The predicted octanol–water partition coefficient (Wildman–Crippen LogP) is 1.24. The Balaban J connectivity index is 1.37. The number of aromatic nitrogens is 2. The van der Waals surface area contributed by atoms with Gasteiger partial charge >= 0.3 is 5.69 Å². The van der Waals surface area contributed by atoms with Crippen LogP contribution in [0.15, 0.2) is 47.3 Å². The van der Waals surface area contributed by atoms with Crippen molar-refractivity contribution in [2.45, 2.75) is 13.0 Å².